The van der Waals surface area contributed by atoms with Gasteiger partial charge in [-0.3, -0.25) is 5.43 Å². The molecule has 0 spiro atoms. The highest BCUT2D eigenvalue weighted by atomic mass is 32.1. The van der Waals surface area contributed by atoms with Gasteiger partial charge in [-0.05, 0) is 25.7 Å². The van der Waals surface area contributed by atoms with Gasteiger partial charge in [0.1, 0.15) is 5.01 Å². The minimum Gasteiger partial charge on any atom is -0.327 e. The van der Waals surface area contributed by atoms with Gasteiger partial charge in [-0.15, -0.1) is 10.2 Å². The molecule has 2 aromatic heterocycles. The molecule has 7 heteroatoms. The summed E-state index contributed by atoms with van der Waals surface area (Å²) in [7, 11) is 0. The smallest absolute Gasteiger partial charge is 0.219 e. The van der Waals surface area contributed by atoms with Crippen molar-refractivity contribution < 1.29 is 0 Å². The molecular weight excluding hydrogens is 236 g/mol. The molecule has 0 unspecified atom stereocenters. The predicted molar refractivity (Wildman–Crippen MR) is 65.7 cm³/mol. The number of hydrazine groups is 1. The molecule has 0 bridgehead atoms. The molecule has 1 aliphatic carbocycles. The number of hydrogen-bond donors (Lipinski definition) is 2. The summed E-state index contributed by atoms with van der Waals surface area (Å²) in [5.41, 5.74) is 5.11. The van der Waals surface area contributed by atoms with Crippen LogP contribution in [0.3, 0.4) is 0 Å². The van der Waals surface area contributed by atoms with Crippen LogP contribution < -0.4 is 11.3 Å². The number of nitrogens with one attached hydrogen (secondary N) is 1. The SMILES string of the molecule is NNc1nnc(Cn2cnc3c2CCCC3)s1. The number of nitrogens with zero attached hydrogens (tertiary/aromatic N) is 4. The number of hydrogen-bond acceptors (Lipinski definition) is 6. The fourth-order valence-corrected chi connectivity index (χ4v) is 2.84. The second kappa shape index (κ2) is 4.42. The largest absolute Gasteiger partial charge is 0.327 e. The molecule has 0 amide bonds. The van der Waals surface area contributed by atoms with E-state index in [0.29, 0.717) is 5.13 Å². The van der Waals surface area contributed by atoms with E-state index in [-0.39, 0.29) is 0 Å². The molecular formula is C10H14N6S. The molecule has 0 saturated heterocycles. The van der Waals surface area contributed by atoms with Crippen molar-refractivity contribution in [3.8, 4) is 0 Å². The Balaban J connectivity index is 1.82. The lowest BCUT2D eigenvalue weighted by molar-refractivity contribution is 0.626. The fourth-order valence-electron chi connectivity index (χ4n) is 2.19. The maximum Gasteiger partial charge on any atom is 0.219 e. The number of nitrogen functional groups attached to an aromatic ring is 1. The van der Waals surface area contributed by atoms with Gasteiger partial charge < -0.3 is 4.57 Å². The van der Waals surface area contributed by atoms with Crippen LogP contribution in [0.5, 0.6) is 0 Å². The van der Waals surface area contributed by atoms with E-state index in [4.69, 9.17) is 5.84 Å². The molecule has 90 valence electrons. The van der Waals surface area contributed by atoms with Crippen LogP contribution in [-0.2, 0) is 19.4 Å². The van der Waals surface area contributed by atoms with Gasteiger partial charge in [-0.1, -0.05) is 11.3 Å². The summed E-state index contributed by atoms with van der Waals surface area (Å²) in [4.78, 5) is 4.46. The van der Waals surface area contributed by atoms with Crippen LogP contribution in [0.4, 0.5) is 5.13 Å². The quantitative estimate of drug-likeness (QED) is 0.626. The first kappa shape index (κ1) is 10.7. The first-order valence-electron chi connectivity index (χ1n) is 5.68. The Labute approximate surface area is 103 Å². The first-order valence-corrected chi connectivity index (χ1v) is 6.50. The van der Waals surface area contributed by atoms with Gasteiger partial charge in [0.2, 0.25) is 5.13 Å². The monoisotopic (exact) mass is 250 g/mol. The number of anilines is 1. The van der Waals surface area contributed by atoms with E-state index in [9.17, 15) is 0 Å². The van der Waals surface area contributed by atoms with Gasteiger partial charge in [0.25, 0.3) is 0 Å². The Morgan fingerprint density at radius 2 is 2.24 bits per heavy atom. The first-order chi connectivity index (χ1) is 8.36. The molecule has 2 aromatic rings. The third-order valence-corrected chi connectivity index (χ3v) is 3.85. The molecule has 2 heterocycles. The van der Waals surface area contributed by atoms with Crippen LogP contribution in [0, 0.1) is 0 Å². The number of rotatable bonds is 3. The van der Waals surface area contributed by atoms with Crippen molar-refractivity contribution in [1.29, 1.82) is 0 Å². The molecule has 0 atom stereocenters. The summed E-state index contributed by atoms with van der Waals surface area (Å²) in [5, 5.41) is 9.61. The number of fused-ring (bicyclic) bond motifs is 1. The molecule has 0 saturated carbocycles. The normalized spacial score (nSPS) is 14.6. The van der Waals surface area contributed by atoms with Crippen molar-refractivity contribution >= 4 is 16.5 Å². The van der Waals surface area contributed by atoms with Gasteiger partial charge in [0.15, 0.2) is 0 Å². The maximum atomic E-state index is 5.29. The van der Waals surface area contributed by atoms with E-state index in [1.165, 1.54) is 35.6 Å². The van der Waals surface area contributed by atoms with Crippen molar-refractivity contribution in [2.45, 2.75) is 32.2 Å². The van der Waals surface area contributed by atoms with E-state index < -0.39 is 0 Å². The topological polar surface area (TPSA) is 81.6 Å². The minimum atomic E-state index is 0.647. The molecule has 0 fully saturated rings. The fraction of sp³-hybridized carbons (Fsp3) is 0.500. The third kappa shape index (κ3) is 2.03. The average molecular weight is 250 g/mol. The van der Waals surface area contributed by atoms with E-state index >= 15 is 0 Å². The Morgan fingerprint density at radius 3 is 3.06 bits per heavy atom. The molecule has 1 aliphatic rings. The van der Waals surface area contributed by atoms with Gasteiger partial charge in [-0.25, -0.2) is 10.8 Å². The molecule has 0 aliphatic heterocycles. The third-order valence-electron chi connectivity index (χ3n) is 3.01. The number of aryl methyl sites for hydroxylation is 1. The van der Waals surface area contributed by atoms with Crippen LogP contribution in [0.15, 0.2) is 6.33 Å². The Kier molecular flexibility index (Phi) is 2.77. The van der Waals surface area contributed by atoms with Crippen molar-refractivity contribution in [1.82, 2.24) is 19.7 Å². The standard InChI is InChI=1S/C10H14N6S/c11-13-10-15-14-9(17-10)5-16-6-12-7-3-1-2-4-8(7)16/h6H,1-5,11H2,(H,13,15). The Hall–Kier alpha value is -1.47. The van der Waals surface area contributed by atoms with Gasteiger partial charge in [-0.2, -0.15) is 0 Å². The summed E-state index contributed by atoms with van der Waals surface area (Å²) in [5.74, 6) is 5.29. The lowest BCUT2D eigenvalue weighted by Crippen LogP contribution is -2.08. The van der Waals surface area contributed by atoms with Crippen molar-refractivity contribution in [3.63, 3.8) is 0 Å². The van der Waals surface area contributed by atoms with E-state index in [0.717, 1.165) is 24.4 Å². The van der Waals surface area contributed by atoms with Crippen LogP contribution in [0.1, 0.15) is 29.2 Å². The number of aromatic nitrogens is 4. The Bertz CT molecular complexity index is 517. The van der Waals surface area contributed by atoms with Gasteiger partial charge in [0.05, 0.1) is 18.6 Å². The molecule has 6 nitrogen and oxygen atoms in total. The zero-order valence-electron chi connectivity index (χ0n) is 9.39. The van der Waals surface area contributed by atoms with Gasteiger partial charge >= 0.3 is 0 Å². The molecule has 3 rings (SSSR count). The van der Waals surface area contributed by atoms with E-state index in [1.807, 2.05) is 6.33 Å². The summed E-state index contributed by atoms with van der Waals surface area (Å²) in [6.45, 7) is 0.738. The maximum absolute atomic E-state index is 5.29. The zero-order chi connectivity index (χ0) is 11.7. The predicted octanol–water partition coefficient (Wildman–Crippen LogP) is 0.947. The van der Waals surface area contributed by atoms with Crippen LogP contribution in [0.25, 0.3) is 0 Å². The minimum absolute atomic E-state index is 0.647. The molecule has 0 radical (unpaired) electrons. The van der Waals surface area contributed by atoms with E-state index in [2.05, 4.69) is 25.2 Å². The molecule has 3 N–H and O–H groups in total. The summed E-state index contributed by atoms with van der Waals surface area (Å²) >= 11 is 1.47. The van der Waals surface area contributed by atoms with Crippen molar-refractivity contribution in [2.75, 3.05) is 5.43 Å². The van der Waals surface area contributed by atoms with Crippen LogP contribution in [-0.4, -0.2) is 19.7 Å². The summed E-state index contributed by atoms with van der Waals surface area (Å²) < 4.78 is 2.18. The van der Waals surface area contributed by atoms with Crippen molar-refractivity contribution in [3.05, 3.63) is 22.7 Å². The average Bonchev–Trinajstić information content (AvgIpc) is 2.97. The van der Waals surface area contributed by atoms with E-state index in [1.54, 1.807) is 0 Å². The highest BCUT2D eigenvalue weighted by Gasteiger charge is 2.16. The lowest BCUT2D eigenvalue weighted by Gasteiger charge is -2.12. The second-order valence-electron chi connectivity index (χ2n) is 4.12. The van der Waals surface area contributed by atoms with Crippen molar-refractivity contribution in [2.24, 2.45) is 5.84 Å². The number of nitrogens with two attached hydrogens (primary N) is 1. The lowest BCUT2D eigenvalue weighted by atomic mass is 10.0. The highest BCUT2D eigenvalue weighted by molar-refractivity contribution is 7.15. The Morgan fingerprint density at radius 1 is 1.35 bits per heavy atom. The van der Waals surface area contributed by atoms with Crippen LogP contribution >= 0.6 is 11.3 Å². The summed E-state index contributed by atoms with van der Waals surface area (Å²) in [6.07, 6.45) is 6.64. The number of imidazole rings is 1. The molecule has 0 aromatic carbocycles. The zero-order valence-corrected chi connectivity index (χ0v) is 10.2. The molecule has 17 heavy (non-hydrogen) atoms. The summed E-state index contributed by atoms with van der Waals surface area (Å²) in [6, 6.07) is 0. The van der Waals surface area contributed by atoms with Gasteiger partial charge in [0, 0.05) is 5.69 Å². The highest BCUT2D eigenvalue weighted by Crippen LogP contribution is 2.22. The second-order valence-corrected chi connectivity index (χ2v) is 5.18. The van der Waals surface area contributed by atoms with Crippen LogP contribution in [0.2, 0.25) is 0 Å².